The van der Waals surface area contributed by atoms with Crippen LogP contribution in [0.4, 0.5) is 10.8 Å². The highest BCUT2D eigenvalue weighted by Gasteiger charge is 2.07. The number of amides is 2. The van der Waals surface area contributed by atoms with E-state index in [1.807, 2.05) is 12.1 Å². The average Bonchev–Trinajstić information content (AvgIpc) is 2.94. The number of benzene rings is 1. The molecule has 2 amide bonds. The van der Waals surface area contributed by atoms with E-state index in [0.29, 0.717) is 5.13 Å². The number of hydrogen-bond donors (Lipinski definition) is 2. The molecule has 110 valence electrons. The molecular weight excluding hydrogens is 376 g/mol. The Morgan fingerprint density at radius 2 is 1.81 bits per heavy atom. The van der Waals surface area contributed by atoms with Gasteiger partial charge in [-0.25, -0.2) is 0 Å². The lowest BCUT2D eigenvalue weighted by molar-refractivity contribution is -0.114. The maximum atomic E-state index is 11.7. The van der Waals surface area contributed by atoms with Crippen LogP contribution in [0.15, 0.2) is 34.2 Å². The van der Waals surface area contributed by atoms with Crippen molar-refractivity contribution in [1.82, 2.24) is 10.2 Å². The molecule has 0 bridgehead atoms. The maximum Gasteiger partial charge on any atom is 0.236 e. The first-order valence-corrected chi connectivity index (χ1v) is 8.65. The number of anilines is 2. The predicted octanol–water partition coefficient (Wildman–Crippen LogP) is 2.61. The van der Waals surface area contributed by atoms with Crippen molar-refractivity contribution in [3.8, 4) is 0 Å². The summed E-state index contributed by atoms with van der Waals surface area (Å²) < 4.78 is 0.947. The largest absolute Gasteiger partial charge is 0.325 e. The molecule has 2 rings (SSSR count). The SMILES string of the molecule is O=C(CSCC(=O)Nc1nncs1)Nc1ccc(Br)cc1. The number of halogens is 1. The summed E-state index contributed by atoms with van der Waals surface area (Å²) >= 11 is 5.81. The zero-order valence-electron chi connectivity index (χ0n) is 10.7. The van der Waals surface area contributed by atoms with Gasteiger partial charge in [-0.15, -0.1) is 22.0 Å². The molecule has 2 aromatic rings. The number of nitrogens with zero attached hydrogens (tertiary/aromatic N) is 2. The fourth-order valence-electron chi connectivity index (χ4n) is 1.35. The van der Waals surface area contributed by atoms with E-state index in [2.05, 4.69) is 36.8 Å². The fraction of sp³-hybridized carbons (Fsp3) is 0.167. The van der Waals surface area contributed by atoms with Crippen LogP contribution < -0.4 is 10.6 Å². The van der Waals surface area contributed by atoms with E-state index in [1.54, 1.807) is 12.1 Å². The standard InChI is InChI=1S/C12H11BrN4O2S2/c13-8-1-3-9(4-2-8)15-10(18)5-20-6-11(19)16-12-17-14-7-21-12/h1-4,7H,5-6H2,(H,15,18)(H,16,17,19). The van der Waals surface area contributed by atoms with Crippen LogP contribution in [0.2, 0.25) is 0 Å². The number of carbonyl (C=O) groups excluding carboxylic acids is 2. The van der Waals surface area contributed by atoms with Crippen molar-refractivity contribution in [1.29, 1.82) is 0 Å². The van der Waals surface area contributed by atoms with Gasteiger partial charge in [0.1, 0.15) is 5.51 Å². The molecule has 0 atom stereocenters. The topological polar surface area (TPSA) is 84.0 Å². The third kappa shape index (κ3) is 5.82. The van der Waals surface area contributed by atoms with Gasteiger partial charge in [-0.05, 0) is 24.3 Å². The lowest BCUT2D eigenvalue weighted by Gasteiger charge is -2.05. The maximum absolute atomic E-state index is 11.7. The third-order valence-corrected chi connectivity index (χ3v) is 4.27. The summed E-state index contributed by atoms with van der Waals surface area (Å²) in [6.07, 6.45) is 0. The first-order valence-electron chi connectivity index (χ1n) is 5.82. The Morgan fingerprint density at radius 1 is 1.14 bits per heavy atom. The van der Waals surface area contributed by atoms with E-state index >= 15 is 0 Å². The minimum Gasteiger partial charge on any atom is -0.325 e. The molecule has 0 spiro atoms. The van der Waals surface area contributed by atoms with E-state index in [9.17, 15) is 9.59 Å². The van der Waals surface area contributed by atoms with Crippen LogP contribution in [0.3, 0.4) is 0 Å². The monoisotopic (exact) mass is 386 g/mol. The Hall–Kier alpha value is -1.45. The third-order valence-electron chi connectivity index (χ3n) is 2.20. The van der Waals surface area contributed by atoms with Crippen molar-refractivity contribution in [3.63, 3.8) is 0 Å². The van der Waals surface area contributed by atoms with Crippen LogP contribution in [0.1, 0.15) is 0 Å². The van der Waals surface area contributed by atoms with Crippen LogP contribution >= 0.6 is 39.0 Å². The van der Waals surface area contributed by atoms with Crippen molar-refractivity contribution in [2.75, 3.05) is 22.1 Å². The molecule has 21 heavy (non-hydrogen) atoms. The summed E-state index contributed by atoms with van der Waals surface area (Å²) in [5, 5.41) is 13.1. The zero-order valence-corrected chi connectivity index (χ0v) is 13.9. The first kappa shape index (κ1) is 15.9. The Bertz CT molecular complexity index is 604. The average molecular weight is 387 g/mol. The van der Waals surface area contributed by atoms with Gasteiger partial charge in [0.2, 0.25) is 16.9 Å². The minimum absolute atomic E-state index is 0.147. The summed E-state index contributed by atoms with van der Waals surface area (Å²) in [4.78, 5) is 23.3. The molecule has 0 fully saturated rings. The molecule has 1 aromatic carbocycles. The number of hydrogen-bond acceptors (Lipinski definition) is 6. The van der Waals surface area contributed by atoms with Crippen molar-refractivity contribution in [2.24, 2.45) is 0 Å². The van der Waals surface area contributed by atoms with Gasteiger partial charge in [-0.1, -0.05) is 27.3 Å². The molecule has 1 aromatic heterocycles. The lowest BCUT2D eigenvalue weighted by atomic mass is 10.3. The molecule has 2 N–H and O–H groups in total. The van der Waals surface area contributed by atoms with E-state index in [1.165, 1.54) is 28.6 Å². The molecule has 0 aliphatic rings. The number of aromatic nitrogens is 2. The van der Waals surface area contributed by atoms with Crippen LogP contribution in [0.5, 0.6) is 0 Å². The number of carbonyl (C=O) groups is 2. The lowest BCUT2D eigenvalue weighted by Crippen LogP contribution is -2.18. The second-order valence-electron chi connectivity index (χ2n) is 3.84. The molecule has 1 heterocycles. The molecule has 0 saturated carbocycles. The molecule has 9 heteroatoms. The Balaban J connectivity index is 1.67. The van der Waals surface area contributed by atoms with Crippen molar-refractivity contribution in [3.05, 3.63) is 34.2 Å². The Labute approximate surface area is 137 Å². The summed E-state index contributed by atoms with van der Waals surface area (Å²) in [5.41, 5.74) is 2.26. The van der Waals surface area contributed by atoms with Gasteiger partial charge in [0.25, 0.3) is 0 Å². The van der Waals surface area contributed by atoms with Crippen molar-refractivity contribution >= 4 is 61.7 Å². The second-order valence-corrected chi connectivity index (χ2v) is 6.57. The highest BCUT2D eigenvalue weighted by molar-refractivity contribution is 9.10. The van der Waals surface area contributed by atoms with Gasteiger partial charge in [-0.3, -0.25) is 14.9 Å². The second kappa shape index (κ2) is 8.11. The highest BCUT2D eigenvalue weighted by atomic mass is 79.9. The molecule has 0 unspecified atom stereocenters. The van der Waals surface area contributed by atoms with E-state index in [0.717, 1.165) is 10.2 Å². The molecular formula is C12H11BrN4O2S2. The van der Waals surface area contributed by atoms with Gasteiger partial charge >= 0.3 is 0 Å². The van der Waals surface area contributed by atoms with Gasteiger partial charge < -0.3 is 5.32 Å². The molecule has 0 saturated heterocycles. The molecule has 0 radical (unpaired) electrons. The highest BCUT2D eigenvalue weighted by Crippen LogP contribution is 2.14. The summed E-state index contributed by atoms with van der Waals surface area (Å²) in [7, 11) is 0. The van der Waals surface area contributed by atoms with Crippen LogP contribution in [0, 0.1) is 0 Å². The zero-order chi connectivity index (χ0) is 15.1. The molecule has 6 nitrogen and oxygen atoms in total. The quantitative estimate of drug-likeness (QED) is 0.796. The van der Waals surface area contributed by atoms with Gasteiger partial charge in [0, 0.05) is 10.2 Å². The van der Waals surface area contributed by atoms with Crippen molar-refractivity contribution < 1.29 is 9.59 Å². The van der Waals surface area contributed by atoms with Crippen LogP contribution in [-0.4, -0.2) is 33.5 Å². The summed E-state index contributed by atoms with van der Waals surface area (Å²) in [6.45, 7) is 0. The molecule has 0 aliphatic carbocycles. The van der Waals surface area contributed by atoms with Gasteiger partial charge in [-0.2, -0.15) is 0 Å². The number of rotatable bonds is 6. The minimum atomic E-state index is -0.201. The van der Waals surface area contributed by atoms with E-state index in [4.69, 9.17) is 0 Å². The van der Waals surface area contributed by atoms with E-state index < -0.39 is 0 Å². The normalized spacial score (nSPS) is 10.1. The van der Waals surface area contributed by atoms with E-state index in [-0.39, 0.29) is 23.3 Å². The van der Waals surface area contributed by atoms with Crippen LogP contribution in [0.25, 0.3) is 0 Å². The van der Waals surface area contributed by atoms with Crippen molar-refractivity contribution in [2.45, 2.75) is 0 Å². The first-order chi connectivity index (χ1) is 10.1. The van der Waals surface area contributed by atoms with Gasteiger partial charge in [0.15, 0.2) is 0 Å². The summed E-state index contributed by atoms with van der Waals surface area (Å²) in [5.74, 6) is 0.0478. The van der Waals surface area contributed by atoms with Gasteiger partial charge in [0.05, 0.1) is 11.5 Å². The fourth-order valence-corrected chi connectivity index (χ4v) is 2.69. The smallest absolute Gasteiger partial charge is 0.236 e. The molecule has 0 aliphatic heterocycles. The Kier molecular flexibility index (Phi) is 6.15. The number of nitrogens with one attached hydrogen (secondary N) is 2. The Morgan fingerprint density at radius 3 is 2.43 bits per heavy atom. The summed E-state index contributed by atoms with van der Waals surface area (Å²) in [6, 6.07) is 7.29. The number of thioether (sulfide) groups is 1. The van der Waals surface area contributed by atoms with Crippen LogP contribution in [-0.2, 0) is 9.59 Å². The predicted molar refractivity (Wildman–Crippen MR) is 88.6 cm³/mol.